The number of hydrogen-bond acceptors (Lipinski definition) is 4. The highest BCUT2D eigenvalue weighted by Crippen LogP contribution is 2.29. The third-order valence-electron chi connectivity index (χ3n) is 5.46. The lowest BCUT2D eigenvalue weighted by Gasteiger charge is -2.31. The number of aromatic nitrogens is 2. The Balaban J connectivity index is 1.32. The van der Waals surface area contributed by atoms with Crippen LogP contribution in [0.4, 0.5) is 24.8 Å². The molecular formula is C22H23F3N4O. The minimum absolute atomic E-state index is 0.00118. The minimum Gasteiger partial charge on any atom is -0.378 e. The number of Topliss-reactive ketones (excluding diaryl/α,β-unsaturated/α-hetero) is 1. The van der Waals surface area contributed by atoms with E-state index in [0.717, 1.165) is 47.9 Å². The first-order valence-corrected chi connectivity index (χ1v) is 9.94. The maximum absolute atomic E-state index is 12.6. The summed E-state index contributed by atoms with van der Waals surface area (Å²) in [7, 11) is 1.99. The first-order chi connectivity index (χ1) is 14.3. The van der Waals surface area contributed by atoms with Gasteiger partial charge in [0.15, 0.2) is 5.78 Å². The third-order valence-corrected chi connectivity index (χ3v) is 5.46. The third kappa shape index (κ3) is 4.27. The van der Waals surface area contributed by atoms with Gasteiger partial charge in [-0.15, -0.1) is 0 Å². The zero-order chi connectivity index (χ0) is 21.3. The molecular weight excluding hydrogens is 393 g/mol. The van der Waals surface area contributed by atoms with Gasteiger partial charge in [0, 0.05) is 32.2 Å². The van der Waals surface area contributed by atoms with E-state index in [2.05, 4.69) is 19.8 Å². The van der Waals surface area contributed by atoms with E-state index in [1.807, 2.05) is 25.2 Å². The highest BCUT2D eigenvalue weighted by molar-refractivity contribution is 5.86. The van der Waals surface area contributed by atoms with Crippen LogP contribution in [0.2, 0.25) is 0 Å². The second kappa shape index (κ2) is 8.01. The Bertz CT molecular complexity index is 1050. The number of benzene rings is 2. The highest BCUT2D eigenvalue weighted by Gasteiger charge is 2.29. The van der Waals surface area contributed by atoms with Gasteiger partial charge in [-0.1, -0.05) is 12.1 Å². The number of alkyl halides is 3. The lowest BCUT2D eigenvalue weighted by atomic mass is 10.1. The molecule has 1 fully saturated rings. The molecule has 4 rings (SSSR count). The first kappa shape index (κ1) is 20.3. The summed E-state index contributed by atoms with van der Waals surface area (Å²) in [5, 5.41) is 3.14. The molecule has 1 aliphatic heterocycles. The number of carbonyl (C=O) groups is 1. The number of ketones is 1. The zero-order valence-electron chi connectivity index (χ0n) is 16.7. The Morgan fingerprint density at radius 2 is 1.87 bits per heavy atom. The number of nitrogens with zero attached hydrogens (tertiary/aromatic N) is 3. The van der Waals surface area contributed by atoms with Crippen LogP contribution < -0.4 is 10.2 Å². The van der Waals surface area contributed by atoms with Crippen molar-refractivity contribution in [2.24, 2.45) is 7.05 Å². The SMILES string of the molecule is Cn1c(N2CCC2)nc2ccc(NCC(=O)CCc3ccc(C(F)(F)F)cc3)cc21. The Morgan fingerprint density at radius 1 is 1.13 bits per heavy atom. The van der Waals surface area contributed by atoms with E-state index in [4.69, 9.17) is 0 Å². The van der Waals surface area contributed by atoms with Crippen LogP contribution >= 0.6 is 0 Å². The molecule has 8 heteroatoms. The molecule has 1 saturated heterocycles. The molecule has 5 nitrogen and oxygen atoms in total. The fraction of sp³-hybridized carbons (Fsp3) is 0.364. The fourth-order valence-corrected chi connectivity index (χ4v) is 3.52. The number of fused-ring (bicyclic) bond motifs is 1. The van der Waals surface area contributed by atoms with Crippen molar-refractivity contribution in [1.29, 1.82) is 0 Å². The number of nitrogens with one attached hydrogen (secondary N) is 1. The Labute approximate surface area is 172 Å². The summed E-state index contributed by atoms with van der Waals surface area (Å²) in [6.07, 6.45) is -2.47. The molecule has 0 saturated carbocycles. The van der Waals surface area contributed by atoms with Gasteiger partial charge in [0.2, 0.25) is 5.95 Å². The molecule has 0 spiro atoms. The predicted molar refractivity (Wildman–Crippen MR) is 111 cm³/mol. The zero-order valence-corrected chi connectivity index (χ0v) is 16.7. The van der Waals surface area contributed by atoms with Gasteiger partial charge in [0.25, 0.3) is 0 Å². The average Bonchev–Trinajstić information content (AvgIpc) is 2.99. The van der Waals surface area contributed by atoms with Crippen molar-refractivity contribution in [3.8, 4) is 0 Å². The molecule has 2 heterocycles. The van der Waals surface area contributed by atoms with Crippen LogP contribution in [0.15, 0.2) is 42.5 Å². The molecule has 30 heavy (non-hydrogen) atoms. The van der Waals surface area contributed by atoms with Gasteiger partial charge in [-0.05, 0) is 48.7 Å². The number of anilines is 2. The second-order valence-corrected chi connectivity index (χ2v) is 7.60. The smallest absolute Gasteiger partial charge is 0.378 e. The van der Waals surface area contributed by atoms with Crippen LogP contribution in [0.3, 0.4) is 0 Å². The molecule has 1 N–H and O–H groups in total. The van der Waals surface area contributed by atoms with Crippen LogP contribution in [-0.2, 0) is 24.4 Å². The van der Waals surface area contributed by atoms with Crippen LogP contribution in [0.25, 0.3) is 11.0 Å². The maximum Gasteiger partial charge on any atom is 0.416 e. The maximum atomic E-state index is 12.6. The van der Waals surface area contributed by atoms with Crippen molar-refractivity contribution in [1.82, 2.24) is 9.55 Å². The van der Waals surface area contributed by atoms with E-state index >= 15 is 0 Å². The average molecular weight is 416 g/mol. The predicted octanol–water partition coefficient (Wildman–Crippen LogP) is 4.42. The number of imidazole rings is 1. The van der Waals surface area contributed by atoms with Gasteiger partial charge in [-0.25, -0.2) is 4.98 Å². The van der Waals surface area contributed by atoms with Gasteiger partial charge in [-0.3, -0.25) is 4.79 Å². The summed E-state index contributed by atoms with van der Waals surface area (Å²) in [5.74, 6) is 0.960. The molecule has 0 amide bonds. The molecule has 0 unspecified atom stereocenters. The standard InChI is InChI=1S/C22H23F3N4O/c1-28-20-13-17(8-10-19(20)27-21(28)29-11-2-12-29)26-14-18(30)9-5-15-3-6-16(7-4-15)22(23,24)25/h3-4,6-8,10,13,26H,2,5,9,11-12,14H2,1H3. The molecule has 1 aliphatic rings. The van der Waals surface area contributed by atoms with E-state index < -0.39 is 11.7 Å². The van der Waals surface area contributed by atoms with Crippen molar-refractivity contribution in [2.75, 3.05) is 29.9 Å². The molecule has 0 bridgehead atoms. The number of rotatable bonds is 7. The van der Waals surface area contributed by atoms with E-state index in [1.165, 1.54) is 18.6 Å². The Kier molecular flexibility index (Phi) is 5.40. The van der Waals surface area contributed by atoms with Gasteiger partial charge in [-0.2, -0.15) is 13.2 Å². The topological polar surface area (TPSA) is 50.2 Å². The largest absolute Gasteiger partial charge is 0.416 e. The lowest BCUT2D eigenvalue weighted by molar-refractivity contribution is -0.137. The second-order valence-electron chi connectivity index (χ2n) is 7.60. The van der Waals surface area contributed by atoms with Gasteiger partial charge in [0.05, 0.1) is 23.1 Å². The fourth-order valence-electron chi connectivity index (χ4n) is 3.52. The normalized spacial score (nSPS) is 14.1. The van der Waals surface area contributed by atoms with Crippen LogP contribution in [0.5, 0.6) is 0 Å². The van der Waals surface area contributed by atoms with Crippen molar-refractivity contribution in [3.63, 3.8) is 0 Å². The molecule has 0 atom stereocenters. The lowest BCUT2D eigenvalue weighted by Crippen LogP contribution is -2.38. The highest BCUT2D eigenvalue weighted by atomic mass is 19.4. The summed E-state index contributed by atoms with van der Waals surface area (Å²) in [6, 6.07) is 10.8. The molecule has 0 radical (unpaired) electrons. The number of halogens is 3. The van der Waals surface area contributed by atoms with Crippen molar-refractivity contribution < 1.29 is 18.0 Å². The molecule has 1 aromatic heterocycles. The van der Waals surface area contributed by atoms with Crippen molar-refractivity contribution in [2.45, 2.75) is 25.4 Å². The first-order valence-electron chi connectivity index (χ1n) is 9.94. The van der Waals surface area contributed by atoms with E-state index in [9.17, 15) is 18.0 Å². The molecule has 0 aliphatic carbocycles. The summed E-state index contributed by atoms with van der Waals surface area (Å²) in [4.78, 5) is 19.1. The monoisotopic (exact) mass is 416 g/mol. The Hall–Kier alpha value is -3.03. The van der Waals surface area contributed by atoms with E-state index in [-0.39, 0.29) is 18.7 Å². The summed E-state index contributed by atoms with van der Waals surface area (Å²) in [5.41, 5.74) is 2.79. The van der Waals surface area contributed by atoms with E-state index in [0.29, 0.717) is 12.0 Å². The van der Waals surface area contributed by atoms with Gasteiger partial charge >= 0.3 is 6.18 Å². The van der Waals surface area contributed by atoms with Crippen molar-refractivity contribution >= 4 is 28.5 Å². The molecule has 158 valence electrons. The van der Waals surface area contributed by atoms with Crippen LogP contribution in [0, 0.1) is 0 Å². The number of aryl methyl sites for hydroxylation is 2. The summed E-state index contributed by atoms with van der Waals surface area (Å²) >= 11 is 0. The quantitative estimate of drug-likeness (QED) is 0.620. The van der Waals surface area contributed by atoms with Gasteiger partial charge < -0.3 is 14.8 Å². The number of carbonyl (C=O) groups excluding carboxylic acids is 1. The number of hydrogen-bond donors (Lipinski definition) is 1. The molecule has 3 aromatic rings. The summed E-state index contributed by atoms with van der Waals surface area (Å²) < 4.78 is 39.9. The van der Waals surface area contributed by atoms with Crippen LogP contribution in [0.1, 0.15) is 24.0 Å². The summed E-state index contributed by atoms with van der Waals surface area (Å²) in [6.45, 7) is 2.22. The van der Waals surface area contributed by atoms with Gasteiger partial charge in [0.1, 0.15) is 0 Å². The van der Waals surface area contributed by atoms with Crippen LogP contribution in [-0.4, -0.2) is 35.0 Å². The van der Waals surface area contributed by atoms with Crippen molar-refractivity contribution in [3.05, 3.63) is 53.6 Å². The van der Waals surface area contributed by atoms with E-state index in [1.54, 1.807) is 0 Å². The molecule has 2 aromatic carbocycles. The minimum atomic E-state index is -4.34. The Morgan fingerprint density at radius 3 is 2.50 bits per heavy atom.